The van der Waals surface area contributed by atoms with Gasteiger partial charge in [-0.1, -0.05) is 18.5 Å². The molecule has 1 heterocycles. The van der Waals surface area contributed by atoms with Crippen LogP contribution in [-0.2, 0) is 4.79 Å². The van der Waals surface area contributed by atoms with Gasteiger partial charge in [0.15, 0.2) is 0 Å². The summed E-state index contributed by atoms with van der Waals surface area (Å²) < 4.78 is 1.22. The van der Waals surface area contributed by atoms with Gasteiger partial charge < -0.3 is 5.32 Å². The van der Waals surface area contributed by atoms with Crippen molar-refractivity contribution in [3.63, 3.8) is 0 Å². The van der Waals surface area contributed by atoms with E-state index in [4.69, 9.17) is 11.6 Å². The van der Waals surface area contributed by atoms with Crippen molar-refractivity contribution in [2.24, 2.45) is 0 Å². The number of carbonyl (C=O) groups is 1. The van der Waals surface area contributed by atoms with Gasteiger partial charge in [0.25, 0.3) is 5.56 Å². The highest BCUT2D eigenvalue weighted by Crippen LogP contribution is 2.16. The molecule has 1 amide bonds. The fraction of sp³-hybridized carbons (Fsp3) is 0.267. The third kappa shape index (κ3) is 3.70. The minimum absolute atomic E-state index is 0.278. The molecule has 0 bridgehead atoms. The van der Waals surface area contributed by atoms with E-state index < -0.39 is 6.04 Å². The molecule has 1 atom stereocenters. The summed E-state index contributed by atoms with van der Waals surface area (Å²) in [6, 6.07) is 9.19. The van der Waals surface area contributed by atoms with Gasteiger partial charge in [-0.15, -0.1) is 0 Å². The fourth-order valence-electron chi connectivity index (χ4n) is 1.97. The van der Waals surface area contributed by atoms with E-state index in [1.807, 2.05) is 6.92 Å². The van der Waals surface area contributed by atoms with E-state index in [0.29, 0.717) is 22.8 Å². The molecule has 1 N–H and O–H groups in total. The van der Waals surface area contributed by atoms with Crippen molar-refractivity contribution in [3.8, 4) is 0 Å². The number of nitrogens with one attached hydrogen (secondary N) is 1. The minimum atomic E-state index is -0.645. The number of nitrogens with zero attached hydrogens (tertiary/aromatic N) is 2. The molecule has 0 saturated heterocycles. The van der Waals surface area contributed by atoms with E-state index in [9.17, 15) is 9.59 Å². The monoisotopic (exact) mass is 305 g/mol. The molecule has 0 radical (unpaired) electrons. The normalized spacial score (nSPS) is 12.0. The van der Waals surface area contributed by atoms with E-state index in [1.165, 1.54) is 10.7 Å². The van der Waals surface area contributed by atoms with Crippen LogP contribution in [0.4, 0.5) is 5.69 Å². The highest BCUT2D eigenvalue weighted by molar-refractivity contribution is 6.30. The molecule has 0 aliphatic carbocycles. The average molecular weight is 306 g/mol. The number of hydrogen-bond donors (Lipinski definition) is 1. The SMILES string of the molecule is CCC(C(=O)Nc1ccc(Cl)cc1)n1nc(C)ccc1=O. The molecule has 0 saturated carbocycles. The number of anilines is 1. The highest BCUT2D eigenvalue weighted by atomic mass is 35.5. The summed E-state index contributed by atoms with van der Waals surface area (Å²) in [5.41, 5.74) is 1.02. The number of benzene rings is 1. The lowest BCUT2D eigenvalue weighted by Gasteiger charge is -2.17. The summed E-state index contributed by atoms with van der Waals surface area (Å²) in [5.74, 6) is -0.278. The van der Waals surface area contributed by atoms with Crippen LogP contribution in [0.1, 0.15) is 25.1 Å². The zero-order valence-corrected chi connectivity index (χ0v) is 12.6. The summed E-state index contributed by atoms with van der Waals surface area (Å²) in [7, 11) is 0. The first-order valence-corrected chi connectivity index (χ1v) is 7.02. The van der Waals surface area contributed by atoms with Crippen LogP contribution >= 0.6 is 11.6 Å². The zero-order valence-electron chi connectivity index (χ0n) is 11.8. The molecule has 1 unspecified atom stereocenters. The molecule has 6 heteroatoms. The van der Waals surface area contributed by atoms with Crippen molar-refractivity contribution in [2.45, 2.75) is 26.3 Å². The second-order valence-electron chi connectivity index (χ2n) is 4.68. The number of rotatable bonds is 4. The Kier molecular flexibility index (Phi) is 4.75. The Morgan fingerprint density at radius 1 is 1.29 bits per heavy atom. The first kappa shape index (κ1) is 15.3. The van der Waals surface area contributed by atoms with E-state index in [-0.39, 0.29) is 11.5 Å². The second kappa shape index (κ2) is 6.54. The number of carbonyl (C=O) groups excluding carboxylic acids is 1. The lowest BCUT2D eigenvalue weighted by Crippen LogP contribution is -2.34. The highest BCUT2D eigenvalue weighted by Gasteiger charge is 2.20. The average Bonchev–Trinajstić information content (AvgIpc) is 2.46. The van der Waals surface area contributed by atoms with Crippen molar-refractivity contribution in [3.05, 3.63) is 57.5 Å². The summed E-state index contributed by atoms with van der Waals surface area (Å²) in [6.45, 7) is 3.61. The summed E-state index contributed by atoms with van der Waals surface area (Å²) >= 11 is 5.80. The number of amides is 1. The van der Waals surface area contributed by atoms with Crippen LogP contribution in [0.15, 0.2) is 41.2 Å². The summed E-state index contributed by atoms with van der Waals surface area (Å²) in [6.07, 6.45) is 0.468. The van der Waals surface area contributed by atoms with Gasteiger partial charge in [0.2, 0.25) is 5.91 Å². The molecule has 0 aliphatic rings. The lowest BCUT2D eigenvalue weighted by molar-refractivity contribution is -0.119. The number of aromatic nitrogens is 2. The Hall–Kier alpha value is -2.14. The van der Waals surface area contributed by atoms with Gasteiger partial charge in [-0.05, 0) is 43.7 Å². The Bertz CT molecular complexity index is 695. The molecular weight excluding hydrogens is 290 g/mol. The van der Waals surface area contributed by atoms with Crippen LogP contribution in [0, 0.1) is 6.92 Å². The first-order chi connectivity index (χ1) is 10.0. The van der Waals surface area contributed by atoms with Crippen molar-refractivity contribution in [2.75, 3.05) is 5.32 Å². The number of aryl methyl sites for hydroxylation is 1. The van der Waals surface area contributed by atoms with Crippen molar-refractivity contribution < 1.29 is 4.79 Å². The maximum Gasteiger partial charge on any atom is 0.267 e. The van der Waals surface area contributed by atoms with Gasteiger partial charge >= 0.3 is 0 Å². The smallest absolute Gasteiger partial charge is 0.267 e. The Balaban J connectivity index is 2.24. The first-order valence-electron chi connectivity index (χ1n) is 6.64. The molecular formula is C15H16ClN3O2. The summed E-state index contributed by atoms with van der Waals surface area (Å²) in [4.78, 5) is 24.2. The molecule has 0 spiro atoms. The van der Waals surface area contributed by atoms with Crippen molar-refractivity contribution in [1.29, 1.82) is 0 Å². The van der Waals surface area contributed by atoms with E-state index in [1.54, 1.807) is 37.3 Å². The Morgan fingerprint density at radius 2 is 1.95 bits per heavy atom. The van der Waals surface area contributed by atoms with E-state index in [0.717, 1.165) is 0 Å². The molecule has 2 rings (SSSR count). The van der Waals surface area contributed by atoms with E-state index >= 15 is 0 Å². The maximum absolute atomic E-state index is 12.3. The van der Waals surface area contributed by atoms with Crippen LogP contribution in [0.2, 0.25) is 5.02 Å². The van der Waals surface area contributed by atoms with Gasteiger partial charge in [0.05, 0.1) is 5.69 Å². The predicted octanol–water partition coefficient (Wildman–Crippen LogP) is 2.79. The van der Waals surface area contributed by atoms with Crippen LogP contribution in [0.3, 0.4) is 0 Å². The quantitative estimate of drug-likeness (QED) is 0.944. The molecule has 21 heavy (non-hydrogen) atoms. The topological polar surface area (TPSA) is 64.0 Å². The van der Waals surface area contributed by atoms with Crippen molar-refractivity contribution >= 4 is 23.2 Å². The number of hydrogen-bond acceptors (Lipinski definition) is 3. The molecule has 1 aromatic carbocycles. The van der Waals surface area contributed by atoms with Crippen LogP contribution < -0.4 is 10.9 Å². The molecule has 0 aliphatic heterocycles. The fourth-order valence-corrected chi connectivity index (χ4v) is 2.10. The number of halogens is 1. The lowest BCUT2D eigenvalue weighted by atomic mass is 10.2. The molecule has 1 aromatic heterocycles. The third-order valence-corrected chi connectivity index (χ3v) is 3.31. The second-order valence-corrected chi connectivity index (χ2v) is 5.11. The van der Waals surface area contributed by atoms with Gasteiger partial charge in [0.1, 0.15) is 6.04 Å². The zero-order chi connectivity index (χ0) is 15.4. The standard InChI is InChI=1S/C15H16ClN3O2/c1-3-13(19-14(20)9-4-10(2)18-19)15(21)17-12-7-5-11(16)6-8-12/h4-9,13H,3H2,1-2H3,(H,17,21). The molecule has 110 valence electrons. The van der Waals surface area contributed by atoms with Gasteiger partial charge in [-0.25, -0.2) is 4.68 Å². The minimum Gasteiger partial charge on any atom is -0.324 e. The maximum atomic E-state index is 12.3. The summed E-state index contributed by atoms with van der Waals surface area (Å²) in [5, 5.41) is 7.51. The van der Waals surface area contributed by atoms with Crippen molar-refractivity contribution in [1.82, 2.24) is 9.78 Å². The molecule has 5 nitrogen and oxygen atoms in total. The Labute approximate surface area is 127 Å². The van der Waals surface area contributed by atoms with Crippen LogP contribution in [-0.4, -0.2) is 15.7 Å². The predicted molar refractivity (Wildman–Crippen MR) is 82.6 cm³/mol. The molecule has 0 fully saturated rings. The Morgan fingerprint density at radius 3 is 2.57 bits per heavy atom. The van der Waals surface area contributed by atoms with Crippen LogP contribution in [0.5, 0.6) is 0 Å². The third-order valence-electron chi connectivity index (χ3n) is 3.05. The van der Waals surface area contributed by atoms with Gasteiger partial charge in [0, 0.05) is 16.8 Å². The van der Waals surface area contributed by atoms with Gasteiger partial charge in [-0.2, -0.15) is 5.10 Å². The largest absolute Gasteiger partial charge is 0.324 e. The van der Waals surface area contributed by atoms with Crippen LogP contribution in [0.25, 0.3) is 0 Å². The van der Waals surface area contributed by atoms with E-state index in [2.05, 4.69) is 10.4 Å². The van der Waals surface area contributed by atoms with Gasteiger partial charge in [-0.3, -0.25) is 9.59 Å². The molecule has 2 aromatic rings.